The fourth-order valence-corrected chi connectivity index (χ4v) is 2.52. The number of hydrogen-bond acceptors (Lipinski definition) is 2. The van der Waals surface area contributed by atoms with E-state index in [1.165, 1.54) is 0 Å². The maximum Gasteiger partial charge on any atom is 0.224 e. The van der Waals surface area contributed by atoms with Crippen LogP contribution >= 0.6 is 23.2 Å². The smallest absolute Gasteiger partial charge is 0.224 e. The van der Waals surface area contributed by atoms with Crippen LogP contribution in [-0.4, -0.2) is 26.9 Å². The van der Waals surface area contributed by atoms with Gasteiger partial charge in [-0.25, -0.2) is 4.98 Å². The Morgan fingerprint density at radius 3 is 2.88 bits per heavy atom. The molecular formula is C11H15Cl2N3O. The highest BCUT2D eigenvalue weighted by Crippen LogP contribution is 2.25. The normalized spacial score (nSPS) is 20.3. The topological polar surface area (TPSA) is 38.1 Å². The molecule has 1 saturated heterocycles. The van der Waals surface area contributed by atoms with Crippen molar-refractivity contribution in [3.8, 4) is 0 Å². The summed E-state index contributed by atoms with van der Waals surface area (Å²) in [6.45, 7) is 3.38. The summed E-state index contributed by atoms with van der Waals surface area (Å²) in [6.07, 6.45) is 4.42. The van der Waals surface area contributed by atoms with Gasteiger partial charge in [0, 0.05) is 13.0 Å². The van der Waals surface area contributed by atoms with Crippen molar-refractivity contribution in [2.24, 2.45) is 5.92 Å². The summed E-state index contributed by atoms with van der Waals surface area (Å²) in [6, 6.07) is 0. The number of rotatable bonds is 4. The molecule has 0 spiro atoms. The van der Waals surface area contributed by atoms with Crippen LogP contribution in [0.1, 0.15) is 26.2 Å². The first-order valence-corrected chi connectivity index (χ1v) is 6.51. The Kier molecular flexibility index (Phi) is 3.94. The lowest BCUT2D eigenvalue weighted by Gasteiger charge is -2.17. The van der Waals surface area contributed by atoms with Crippen molar-refractivity contribution in [3.05, 3.63) is 16.6 Å². The molecule has 1 aromatic rings. The van der Waals surface area contributed by atoms with Crippen molar-refractivity contribution in [3.63, 3.8) is 0 Å². The molecule has 0 radical (unpaired) electrons. The number of carbonyl (C=O) groups excluding carboxylic acids is 1. The summed E-state index contributed by atoms with van der Waals surface area (Å²) >= 11 is 11.7. The summed E-state index contributed by atoms with van der Waals surface area (Å²) < 4.78 is 1.69. The van der Waals surface area contributed by atoms with E-state index in [1.54, 1.807) is 10.9 Å². The summed E-state index contributed by atoms with van der Waals surface area (Å²) in [7, 11) is 0. The van der Waals surface area contributed by atoms with Crippen LogP contribution in [0.15, 0.2) is 6.33 Å². The van der Waals surface area contributed by atoms with Crippen molar-refractivity contribution < 1.29 is 4.79 Å². The van der Waals surface area contributed by atoms with E-state index in [9.17, 15) is 4.79 Å². The molecule has 0 saturated carbocycles. The van der Waals surface area contributed by atoms with E-state index in [4.69, 9.17) is 23.2 Å². The lowest BCUT2D eigenvalue weighted by Crippen LogP contribution is -2.27. The van der Waals surface area contributed by atoms with Crippen molar-refractivity contribution >= 4 is 29.1 Å². The van der Waals surface area contributed by atoms with Crippen LogP contribution < -0.4 is 0 Å². The number of nitrogens with zero attached hydrogens (tertiary/aromatic N) is 3. The zero-order valence-corrected chi connectivity index (χ0v) is 11.2. The molecule has 0 aliphatic carbocycles. The van der Waals surface area contributed by atoms with Crippen LogP contribution in [0, 0.1) is 5.92 Å². The van der Waals surface area contributed by atoms with Gasteiger partial charge < -0.3 is 9.47 Å². The summed E-state index contributed by atoms with van der Waals surface area (Å²) in [5.74, 6) is 0.662. The maximum absolute atomic E-state index is 11.8. The monoisotopic (exact) mass is 275 g/mol. The molecule has 0 N–H and O–H groups in total. The molecule has 1 aliphatic heterocycles. The van der Waals surface area contributed by atoms with Gasteiger partial charge in [0.25, 0.3) is 0 Å². The number of halogens is 2. The molecule has 2 heterocycles. The van der Waals surface area contributed by atoms with Crippen molar-refractivity contribution in [2.75, 3.05) is 6.54 Å². The van der Waals surface area contributed by atoms with Crippen LogP contribution in [0.3, 0.4) is 0 Å². The number of likely N-dealkylation sites (tertiary alicyclic amines) is 1. The lowest BCUT2D eigenvalue weighted by atomic mass is 10.0. The summed E-state index contributed by atoms with van der Waals surface area (Å²) in [4.78, 5) is 17.5. The average molecular weight is 276 g/mol. The van der Waals surface area contributed by atoms with E-state index in [-0.39, 0.29) is 11.1 Å². The zero-order chi connectivity index (χ0) is 12.4. The van der Waals surface area contributed by atoms with E-state index in [1.807, 2.05) is 4.90 Å². The summed E-state index contributed by atoms with van der Waals surface area (Å²) in [5.41, 5.74) is 0. The Balaban J connectivity index is 2.00. The molecule has 1 amide bonds. The van der Waals surface area contributed by atoms with E-state index in [0.717, 1.165) is 19.4 Å². The minimum Gasteiger partial charge on any atom is -0.324 e. The van der Waals surface area contributed by atoms with Gasteiger partial charge in [-0.3, -0.25) is 4.79 Å². The Hall–Kier alpha value is -0.740. The second kappa shape index (κ2) is 5.27. The third-order valence-electron chi connectivity index (χ3n) is 3.05. The van der Waals surface area contributed by atoms with Crippen LogP contribution in [-0.2, 0) is 11.5 Å². The third-order valence-corrected chi connectivity index (χ3v) is 3.82. The van der Waals surface area contributed by atoms with E-state index < -0.39 is 0 Å². The molecule has 0 aromatic carbocycles. The highest BCUT2D eigenvalue weighted by atomic mass is 35.5. The molecule has 17 heavy (non-hydrogen) atoms. The first kappa shape index (κ1) is 12.7. The molecule has 1 fully saturated rings. The Labute approximate surface area is 111 Å². The van der Waals surface area contributed by atoms with E-state index in [2.05, 4.69) is 11.9 Å². The molecule has 1 aliphatic rings. The van der Waals surface area contributed by atoms with Crippen LogP contribution in [0.5, 0.6) is 0 Å². The van der Waals surface area contributed by atoms with Crippen LogP contribution in [0.4, 0.5) is 0 Å². The Morgan fingerprint density at radius 2 is 2.29 bits per heavy atom. The van der Waals surface area contributed by atoms with Gasteiger partial charge in [0.2, 0.25) is 5.91 Å². The van der Waals surface area contributed by atoms with E-state index >= 15 is 0 Å². The first-order valence-electron chi connectivity index (χ1n) is 5.75. The lowest BCUT2D eigenvalue weighted by molar-refractivity contribution is -0.129. The molecule has 94 valence electrons. The number of aromatic nitrogens is 2. The van der Waals surface area contributed by atoms with Gasteiger partial charge in [-0.1, -0.05) is 36.5 Å². The Bertz CT molecular complexity index is 419. The van der Waals surface area contributed by atoms with Gasteiger partial charge in [0.1, 0.15) is 5.15 Å². The highest BCUT2D eigenvalue weighted by molar-refractivity contribution is 6.40. The predicted octanol–water partition coefficient (Wildman–Crippen LogP) is 2.80. The van der Waals surface area contributed by atoms with Crippen molar-refractivity contribution in [2.45, 2.75) is 32.9 Å². The maximum atomic E-state index is 11.8. The molecule has 2 rings (SSSR count). The fraction of sp³-hybridized carbons (Fsp3) is 0.636. The van der Waals surface area contributed by atoms with Crippen LogP contribution in [0.2, 0.25) is 10.3 Å². The van der Waals surface area contributed by atoms with Gasteiger partial charge in [0.05, 0.1) is 13.0 Å². The van der Waals surface area contributed by atoms with Gasteiger partial charge >= 0.3 is 0 Å². The summed E-state index contributed by atoms with van der Waals surface area (Å²) in [5, 5.41) is 0.668. The standard InChI is InChI=1S/C11H15Cl2N3O/c1-2-3-8-4-9(17)15(5-8)7-16-6-14-10(12)11(16)13/h6,8H,2-5,7H2,1H3. The van der Waals surface area contributed by atoms with Gasteiger partial charge in [-0.2, -0.15) is 0 Å². The molecule has 1 aromatic heterocycles. The first-order chi connectivity index (χ1) is 8.11. The molecule has 6 heteroatoms. The minimum atomic E-state index is 0.185. The zero-order valence-electron chi connectivity index (χ0n) is 9.70. The van der Waals surface area contributed by atoms with Crippen molar-refractivity contribution in [1.82, 2.24) is 14.5 Å². The number of carbonyl (C=O) groups is 1. The minimum absolute atomic E-state index is 0.185. The van der Waals surface area contributed by atoms with E-state index in [0.29, 0.717) is 24.2 Å². The third kappa shape index (κ3) is 2.75. The Morgan fingerprint density at radius 1 is 1.53 bits per heavy atom. The molecule has 0 bridgehead atoms. The second-order valence-corrected chi connectivity index (χ2v) is 5.13. The number of hydrogen-bond donors (Lipinski definition) is 0. The van der Waals surface area contributed by atoms with Gasteiger partial charge in [-0.05, 0) is 12.3 Å². The fourth-order valence-electron chi connectivity index (χ4n) is 2.22. The average Bonchev–Trinajstić information content (AvgIpc) is 2.78. The quantitative estimate of drug-likeness (QED) is 0.848. The molecule has 1 atom stereocenters. The molecule has 4 nitrogen and oxygen atoms in total. The second-order valence-electron chi connectivity index (χ2n) is 4.41. The van der Waals surface area contributed by atoms with Gasteiger partial charge in [-0.15, -0.1) is 0 Å². The SMILES string of the molecule is CCCC1CC(=O)N(Cn2cnc(Cl)c2Cl)C1. The highest BCUT2D eigenvalue weighted by Gasteiger charge is 2.29. The molecular weight excluding hydrogens is 261 g/mol. The number of amides is 1. The molecule has 1 unspecified atom stereocenters. The van der Waals surface area contributed by atoms with Gasteiger partial charge in [0.15, 0.2) is 5.15 Å². The predicted molar refractivity (Wildman–Crippen MR) is 67.0 cm³/mol. The van der Waals surface area contributed by atoms with Crippen molar-refractivity contribution in [1.29, 1.82) is 0 Å². The number of imidazole rings is 1. The van der Waals surface area contributed by atoms with Crippen LogP contribution in [0.25, 0.3) is 0 Å². The largest absolute Gasteiger partial charge is 0.324 e.